The molecule has 0 aliphatic heterocycles. The van der Waals surface area contributed by atoms with Crippen molar-refractivity contribution in [2.75, 3.05) is 19.8 Å². The highest BCUT2D eigenvalue weighted by Gasteiger charge is 2.55. The van der Waals surface area contributed by atoms with Crippen molar-refractivity contribution >= 4 is 17.9 Å². The Balaban J connectivity index is 2.98. The third-order valence-electron chi connectivity index (χ3n) is 5.09. The predicted molar refractivity (Wildman–Crippen MR) is 112 cm³/mol. The van der Waals surface area contributed by atoms with Crippen LogP contribution in [0.25, 0.3) is 0 Å². The molecule has 1 fully saturated rings. The Kier molecular flexibility index (Phi) is 10.8. The fourth-order valence-corrected chi connectivity index (χ4v) is 3.64. The van der Waals surface area contributed by atoms with Gasteiger partial charge in [-0.3, -0.25) is 4.79 Å². The molecule has 174 valence electrons. The summed E-state index contributed by atoms with van der Waals surface area (Å²) in [6, 6.07) is -1.12. The fraction of sp³-hybridized carbons (Fsp3) is 0.864. The van der Waals surface area contributed by atoms with Crippen LogP contribution in [0, 0.1) is 5.92 Å². The molecular formula is C22H39NO7. The van der Waals surface area contributed by atoms with Crippen LogP contribution in [-0.2, 0) is 33.3 Å². The molecule has 8 heteroatoms. The molecule has 1 saturated carbocycles. The van der Waals surface area contributed by atoms with Gasteiger partial charge in [-0.2, -0.15) is 0 Å². The van der Waals surface area contributed by atoms with E-state index in [4.69, 9.17) is 24.7 Å². The van der Waals surface area contributed by atoms with Crippen molar-refractivity contribution in [3.63, 3.8) is 0 Å². The molecule has 0 aromatic heterocycles. The van der Waals surface area contributed by atoms with Crippen molar-refractivity contribution in [1.82, 2.24) is 0 Å². The summed E-state index contributed by atoms with van der Waals surface area (Å²) in [7, 11) is 0. The number of esters is 3. The van der Waals surface area contributed by atoms with Gasteiger partial charge in [0.25, 0.3) is 5.60 Å². The molecule has 0 heterocycles. The van der Waals surface area contributed by atoms with Crippen LogP contribution in [0.15, 0.2) is 0 Å². The molecule has 0 bridgehead atoms. The number of ether oxygens (including phenoxy) is 4. The highest BCUT2D eigenvalue weighted by molar-refractivity contribution is 6.04. The van der Waals surface area contributed by atoms with Crippen LogP contribution in [0.1, 0.15) is 79.6 Å². The summed E-state index contributed by atoms with van der Waals surface area (Å²) in [5.74, 6) is -1.73. The van der Waals surface area contributed by atoms with Gasteiger partial charge in [0.2, 0.25) is 0 Å². The van der Waals surface area contributed by atoms with Crippen LogP contribution in [0.3, 0.4) is 0 Å². The van der Waals surface area contributed by atoms with Gasteiger partial charge < -0.3 is 24.7 Å². The van der Waals surface area contributed by atoms with Crippen LogP contribution < -0.4 is 5.73 Å². The number of hydrogen-bond donors (Lipinski definition) is 1. The van der Waals surface area contributed by atoms with Gasteiger partial charge in [-0.25, -0.2) is 9.59 Å². The normalized spacial score (nSPS) is 16.2. The Morgan fingerprint density at radius 3 is 2.00 bits per heavy atom. The van der Waals surface area contributed by atoms with Crippen molar-refractivity contribution < 1.29 is 33.3 Å². The summed E-state index contributed by atoms with van der Waals surface area (Å²) in [4.78, 5) is 37.9. The first-order chi connectivity index (χ1) is 14.1. The van der Waals surface area contributed by atoms with E-state index in [1.807, 2.05) is 0 Å². The topological polar surface area (TPSA) is 114 Å². The maximum atomic E-state index is 12.9. The van der Waals surface area contributed by atoms with Gasteiger partial charge in [0, 0.05) is 13.0 Å². The minimum absolute atomic E-state index is 0.00989. The number of nitrogens with two attached hydrogens (primary N) is 1. The average Bonchev–Trinajstić information content (AvgIpc) is 3.15. The maximum absolute atomic E-state index is 12.9. The molecule has 0 aromatic carbocycles. The van der Waals surface area contributed by atoms with Gasteiger partial charge in [0.05, 0.1) is 19.3 Å². The van der Waals surface area contributed by atoms with E-state index in [1.165, 1.54) is 12.8 Å². The van der Waals surface area contributed by atoms with Crippen molar-refractivity contribution in [3.05, 3.63) is 0 Å². The van der Waals surface area contributed by atoms with E-state index < -0.39 is 35.2 Å². The minimum Gasteiger partial charge on any atom is -0.463 e. The molecule has 1 atom stereocenters. The molecule has 2 N–H and O–H groups in total. The third kappa shape index (κ3) is 7.87. The van der Waals surface area contributed by atoms with Crippen molar-refractivity contribution in [2.45, 2.75) is 96.8 Å². The van der Waals surface area contributed by atoms with Crippen LogP contribution in [-0.4, -0.2) is 55.0 Å². The third-order valence-corrected chi connectivity index (χ3v) is 5.09. The molecule has 0 saturated heterocycles. The zero-order chi connectivity index (χ0) is 22.8. The second-order valence-corrected chi connectivity index (χ2v) is 8.70. The number of carbonyl (C=O) groups is 3. The molecule has 30 heavy (non-hydrogen) atoms. The monoisotopic (exact) mass is 429 g/mol. The second-order valence-electron chi connectivity index (χ2n) is 8.70. The minimum atomic E-state index is -2.10. The summed E-state index contributed by atoms with van der Waals surface area (Å²) in [5.41, 5.74) is 3.54. The zero-order valence-electron chi connectivity index (χ0n) is 19.2. The quantitative estimate of drug-likeness (QED) is 0.286. The molecule has 0 spiro atoms. The maximum Gasteiger partial charge on any atom is 0.352 e. The van der Waals surface area contributed by atoms with Crippen LogP contribution in [0.4, 0.5) is 0 Å². The van der Waals surface area contributed by atoms with Crippen molar-refractivity contribution in [3.8, 4) is 0 Å². The Hall–Kier alpha value is -1.67. The predicted octanol–water partition coefficient (Wildman–Crippen LogP) is 2.90. The summed E-state index contributed by atoms with van der Waals surface area (Å²) < 4.78 is 21.5. The molecule has 1 unspecified atom stereocenters. The van der Waals surface area contributed by atoms with E-state index in [0.29, 0.717) is 5.92 Å². The van der Waals surface area contributed by atoms with E-state index in [-0.39, 0.29) is 32.7 Å². The van der Waals surface area contributed by atoms with Crippen LogP contribution in [0.5, 0.6) is 0 Å². The molecule has 1 aliphatic rings. The second kappa shape index (κ2) is 12.2. The molecule has 8 nitrogen and oxygen atoms in total. The standard InChI is InChI=1S/C22H39NO7/c1-6-27-19(25)22(20(26)28-7-2,29-15-14-16-10-8-9-11-16)17(23)12-13-18(24)30-21(3,4)5/h16-17H,6-15,23H2,1-5H3. The fourth-order valence-electron chi connectivity index (χ4n) is 3.64. The summed E-state index contributed by atoms with van der Waals surface area (Å²) >= 11 is 0. The smallest absolute Gasteiger partial charge is 0.352 e. The SMILES string of the molecule is CCOC(=O)C(OCCC1CCCC1)(C(=O)OCC)C(N)CCC(=O)OC(C)(C)C. The van der Waals surface area contributed by atoms with Gasteiger partial charge in [-0.15, -0.1) is 0 Å². The van der Waals surface area contributed by atoms with E-state index in [1.54, 1.807) is 34.6 Å². The lowest BCUT2D eigenvalue weighted by Crippen LogP contribution is -2.63. The number of carbonyl (C=O) groups excluding carboxylic acids is 3. The first kappa shape index (κ1) is 26.4. The average molecular weight is 430 g/mol. The summed E-state index contributed by atoms with van der Waals surface area (Å²) in [6.45, 7) is 8.87. The first-order valence-corrected chi connectivity index (χ1v) is 11.0. The molecule has 1 rings (SSSR count). The largest absolute Gasteiger partial charge is 0.463 e. The van der Waals surface area contributed by atoms with E-state index in [2.05, 4.69) is 0 Å². The van der Waals surface area contributed by atoms with Crippen molar-refractivity contribution in [2.24, 2.45) is 11.7 Å². The molecule has 1 aliphatic carbocycles. The zero-order valence-corrected chi connectivity index (χ0v) is 19.2. The molecular weight excluding hydrogens is 390 g/mol. The van der Waals surface area contributed by atoms with E-state index >= 15 is 0 Å². The number of rotatable bonds is 12. The van der Waals surface area contributed by atoms with Gasteiger partial charge >= 0.3 is 17.9 Å². The highest BCUT2D eigenvalue weighted by atomic mass is 16.6. The lowest BCUT2D eigenvalue weighted by molar-refractivity contribution is -0.195. The Morgan fingerprint density at radius 2 is 1.53 bits per heavy atom. The molecule has 0 amide bonds. The Labute approximate surface area is 180 Å². The van der Waals surface area contributed by atoms with Crippen LogP contribution in [0.2, 0.25) is 0 Å². The lowest BCUT2D eigenvalue weighted by Gasteiger charge is -2.34. The molecule has 0 aromatic rings. The van der Waals surface area contributed by atoms with Crippen LogP contribution >= 0.6 is 0 Å². The Bertz CT molecular complexity index is 546. The van der Waals surface area contributed by atoms with E-state index in [9.17, 15) is 14.4 Å². The van der Waals surface area contributed by atoms with Gasteiger partial charge in [-0.05, 0) is 53.4 Å². The van der Waals surface area contributed by atoms with Gasteiger partial charge in [0.1, 0.15) is 5.60 Å². The van der Waals surface area contributed by atoms with Gasteiger partial charge in [-0.1, -0.05) is 25.7 Å². The lowest BCUT2D eigenvalue weighted by atomic mass is 9.90. The highest BCUT2D eigenvalue weighted by Crippen LogP contribution is 2.30. The molecule has 0 radical (unpaired) electrons. The van der Waals surface area contributed by atoms with Gasteiger partial charge in [0.15, 0.2) is 0 Å². The first-order valence-electron chi connectivity index (χ1n) is 11.0. The van der Waals surface area contributed by atoms with E-state index in [0.717, 1.165) is 19.3 Å². The summed E-state index contributed by atoms with van der Waals surface area (Å²) in [5, 5.41) is 0. The van der Waals surface area contributed by atoms with Crippen molar-refractivity contribution in [1.29, 1.82) is 0 Å². The number of hydrogen-bond acceptors (Lipinski definition) is 8. The summed E-state index contributed by atoms with van der Waals surface area (Å²) in [6.07, 6.45) is 5.25. The Morgan fingerprint density at radius 1 is 1.00 bits per heavy atom.